The Morgan fingerprint density at radius 1 is 1.38 bits per heavy atom. The van der Waals surface area contributed by atoms with Crippen molar-refractivity contribution in [2.24, 2.45) is 11.5 Å². The zero-order valence-corrected chi connectivity index (χ0v) is 14.2. The molecule has 0 fully saturated rings. The van der Waals surface area contributed by atoms with Gasteiger partial charge in [-0.25, -0.2) is 0 Å². The first-order valence-electron chi connectivity index (χ1n) is 6.69. The van der Waals surface area contributed by atoms with E-state index in [1.54, 1.807) is 6.92 Å². The number of amides is 1. The smallest absolute Gasteiger partial charge is 0.323 e. The molecule has 1 aromatic rings. The molecule has 1 unspecified atom stereocenters. The van der Waals surface area contributed by atoms with Crippen molar-refractivity contribution in [2.75, 3.05) is 6.61 Å². The standard InChI is InChI=1S/C13H17ClN2O7S/c1-2-23-13(19)11(16)7(5-10(15)17)8-3-6(14)4-9(12(8)18)24(20,21)22/h3-4,7,11,18H,2,5,16H2,1H3,(H2,15,17)(H,20,21,22)/t7?,11-/m0/s1. The van der Waals surface area contributed by atoms with Gasteiger partial charge in [-0.3, -0.25) is 14.1 Å². The first-order valence-corrected chi connectivity index (χ1v) is 8.51. The zero-order valence-electron chi connectivity index (χ0n) is 12.6. The number of ether oxygens (including phenoxy) is 1. The second-order valence-corrected chi connectivity index (χ2v) is 6.70. The summed E-state index contributed by atoms with van der Waals surface area (Å²) in [5, 5.41) is 9.97. The number of primary amides is 1. The maximum Gasteiger partial charge on any atom is 0.323 e. The highest BCUT2D eigenvalue weighted by Gasteiger charge is 2.33. The predicted molar refractivity (Wildman–Crippen MR) is 84.1 cm³/mol. The number of hydrogen-bond acceptors (Lipinski definition) is 7. The van der Waals surface area contributed by atoms with Crippen LogP contribution in [0.5, 0.6) is 5.75 Å². The molecule has 0 aromatic heterocycles. The van der Waals surface area contributed by atoms with E-state index < -0.39 is 51.0 Å². The topological polar surface area (TPSA) is 170 Å². The Bertz CT molecular complexity index is 751. The molecular weight excluding hydrogens is 364 g/mol. The molecule has 0 radical (unpaired) electrons. The SMILES string of the molecule is CCOC(=O)[C@@H](N)C(CC(N)=O)c1cc(Cl)cc(S(=O)(=O)O)c1O. The van der Waals surface area contributed by atoms with Crippen LogP contribution in [0.4, 0.5) is 0 Å². The molecule has 11 heteroatoms. The van der Waals surface area contributed by atoms with Gasteiger partial charge in [0.2, 0.25) is 5.91 Å². The molecule has 0 aliphatic rings. The number of aromatic hydroxyl groups is 1. The molecule has 6 N–H and O–H groups in total. The number of phenols is 1. The number of halogens is 1. The monoisotopic (exact) mass is 380 g/mol. The summed E-state index contributed by atoms with van der Waals surface area (Å²) in [7, 11) is -4.80. The van der Waals surface area contributed by atoms with E-state index in [1.807, 2.05) is 0 Å². The Morgan fingerprint density at radius 3 is 2.42 bits per heavy atom. The van der Waals surface area contributed by atoms with E-state index in [1.165, 1.54) is 0 Å². The lowest BCUT2D eigenvalue weighted by atomic mass is 9.88. The van der Waals surface area contributed by atoms with Gasteiger partial charge in [-0.2, -0.15) is 8.42 Å². The Hall–Kier alpha value is -1.88. The molecule has 0 saturated carbocycles. The van der Waals surface area contributed by atoms with Crippen molar-refractivity contribution in [1.29, 1.82) is 0 Å². The quantitative estimate of drug-likeness (QED) is 0.382. The molecule has 1 aromatic carbocycles. The van der Waals surface area contributed by atoms with E-state index in [9.17, 15) is 23.1 Å². The van der Waals surface area contributed by atoms with Gasteiger partial charge in [0.15, 0.2) is 0 Å². The molecule has 9 nitrogen and oxygen atoms in total. The fourth-order valence-electron chi connectivity index (χ4n) is 2.12. The van der Waals surface area contributed by atoms with Crippen LogP contribution in [0, 0.1) is 0 Å². The van der Waals surface area contributed by atoms with Crippen molar-refractivity contribution in [1.82, 2.24) is 0 Å². The number of rotatable bonds is 7. The van der Waals surface area contributed by atoms with E-state index in [2.05, 4.69) is 0 Å². The van der Waals surface area contributed by atoms with E-state index in [4.69, 9.17) is 32.4 Å². The number of esters is 1. The lowest BCUT2D eigenvalue weighted by Gasteiger charge is -2.23. The highest BCUT2D eigenvalue weighted by molar-refractivity contribution is 7.86. The van der Waals surface area contributed by atoms with Gasteiger partial charge < -0.3 is 21.3 Å². The summed E-state index contributed by atoms with van der Waals surface area (Å²) in [4.78, 5) is 22.2. The van der Waals surface area contributed by atoms with Crippen molar-refractivity contribution in [3.8, 4) is 5.75 Å². The average Bonchev–Trinajstić information content (AvgIpc) is 2.45. The minimum atomic E-state index is -4.80. The summed E-state index contributed by atoms with van der Waals surface area (Å²) < 4.78 is 36.6. The third-order valence-corrected chi connectivity index (χ3v) is 4.25. The third kappa shape index (κ3) is 4.81. The summed E-state index contributed by atoms with van der Waals surface area (Å²) in [6.07, 6.45) is -0.487. The van der Waals surface area contributed by atoms with Crippen LogP contribution < -0.4 is 11.5 Å². The van der Waals surface area contributed by atoms with Crippen LogP contribution in [0.15, 0.2) is 17.0 Å². The van der Waals surface area contributed by atoms with Gasteiger partial charge in [0.25, 0.3) is 10.1 Å². The lowest BCUT2D eigenvalue weighted by molar-refractivity contribution is -0.145. The molecule has 0 saturated heterocycles. The van der Waals surface area contributed by atoms with Gasteiger partial charge in [0.05, 0.1) is 6.61 Å². The van der Waals surface area contributed by atoms with Crippen LogP contribution in [0.3, 0.4) is 0 Å². The van der Waals surface area contributed by atoms with Crippen molar-refractivity contribution in [3.63, 3.8) is 0 Å². The second-order valence-electron chi connectivity index (χ2n) is 4.87. The van der Waals surface area contributed by atoms with Crippen LogP contribution in [0.1, 0.15) is 24.8 Å². The van der Waals surface area contributed by atoms with Crippen LogP contribution in [-0.2, 0) is 24.4 Å². The summed E-state index contributed by atoms with van der Waals surface area (Å²) in [6, 6.07) is 0.515. The minimum absolute atomic E-state index is 0.0215. The first kappa shape index (κ1) is 20.2. The number of carbonyl (C=O) groups is 2. The second kappa shape index (κ2) is 7.79. The maximum absolute atomic E-state index is 11.8. The third-order valence-electron chi connectivity index (χ3n) is 3.16. The van der Waals surface area contributed by atoms with Gasteiger partial charge in [0.1, 0.15) is 16.7 Å². The number of phenolic OH excluding ortho intramolecular Hbond substituents is 1. The van der Waals surface area contributed by atoms with Gasteiger partial charge in [-0.05, 0) is 19.1 Å². The highest BCUT2D eigenvalue weighted by atomic mass is 35.5. The van der Waals surface area contributed by atoms with Gasteiger partial charge in [0, 0.05) is 22.9 Å². The molecule has 0 aliphatic heterocycles. The fraction of sp³-hybridized carbons (Fsp3) is 0.385. The summed E-state index contributed by atoms with van der Waals surface area (Å²) in [6.45, 7) is 1.56. The summed E-state index contributed by atoms with van der Waals surface area (Å²) >= 11 is 5.79. The van der Waals surface area contributed by atoms with Crippen LogP contribution >= 0.6 is 11.6 Å². The average molecular weight is 381 g/mol. The molecule has 0 bridgehead atoms. The van der Waals surface area contributed by atoms with Crippen LogP contribution in [-0.4, -0.2) is 42.6 Å². The first-order chi connectivity index (χ1) is 11.0. The summed E-state index contributed by atoms with van der Waals surface area (Å²) in [5.41, 5.74) is 10.7. The summed E-state index contributed by atoms with van der Waals surface area (Å²) in [5.74, 6) is -3.82. The molecule has 134 valence electrons. The molecule has 0 aliphatic carbocycles. The fourth-order valence-corrected chi connectivity index (χ4v) is 3.05. The predicted octanol–water partition coefficient (Wildman–Crippen LogP) is 0.142. The van der Waals surface area contributed by atoms with Gasteiger partial charge >= 0.3 is 5.97 Å². The van der Waals surface area contributed by atoms with Crippen molar-refractivity contribution >= 4 is 33.6 Å². The molecule has 0 spiro atoms. The van der Waals surface area contributed by atoms with Gasteiger partial charge in [-0.15, -0.1) is 0 Å². The lowest BCUT2D eigenvalue weighted by Crippen LogP contribution is -2.40. The Kier molecular flexibility index (Phi) is 6.55. The number of hydrogen-bond donors (Lipinski definition) is 4. The molecule has 1 amide bonds. The Morgan fingerprint density at radius 2 is 1.96 bits per heavy atom. The molecule has 1 rings (SSSR count). The molecule has 24 heavy (non-hydrogen) atoms. The zero-order chi connectivity index (χ0) is 18.7. The molecular formula is C13H17ClN2O7S. The van der Waals surface area contributed by atoms with Crippen LogP contribution in [0.25, 0.3) is 0 Å². The Labute approximate surface area is 143 Å². The maximum atomic E-state index is 11.8. The van der Waals surface area contributed by atoms with E-state index >= 15 is 0 Å². The van der Waals surface area contributed by atoms with Crippen molar-refractivity contribution in [3.05, 3.63) is 22.7 Å². The molecule has 0 heterocycles. The van der Waals surface area contributed by atoms with Crippen molar-refractivity contribution < 1.29 is 32.4 Å². The number of benzene rings is 1. The highest BCUT2D eigenvalue weighted by Crippen LogP contribution is 2.37. The minimum Gasteiger partial charge on any atom is -0.506 e. The molecule has 2 atom stereocenters. The normalized spacial score (nSPS) is 14.0. The van der Waals surface area contributed by atoms with E-state index in [-0.39, 0.29) is 17.2 Å². The Balaban J connectivity index is 3.51. The largest absolute Gasteiger partial charge is 0.506 e. The number of carbonyl (C=O) groups excluding carboxylic acids is 2. The van der Waals surface area contributed by atoms with Crippen LogP contribution in [0.2, 0.25) is 5.02 Å². The number of nitrogens with two attached hydrogens (primary N) is 2. The van der Waals surface area contributed by atoms with E-state index in [0.717, 1.165) is 12.1 Å². The van der Waals surface area contributed by atoms with Gasteiger partial charge in [-0.1, -0.05) is 11.6 Å². The van der Waals surface area contributed by atoms with Crippen molar-refractivity contribution in [2.45, 2.75) is 30.2 Å². The van der Waals surface area contributed by atoms with E-state index in [0.29, 0.717) is 0 Å².